The van der Waals surface area contributed by atoms with Gasteiger partial charge in [0.2, 0.25) is 5.91 Å². The van der Waals surface area contributed by atoms with Crippen LogP contribution < -0.4 is 10.4 Å². The van der Waals surface area contributed by atoms with E-state index in [0.29, 0.717) is 0 Å². The van der Waals surface area contributed by atoms with Gasteiger partial charge in [0.25, 0.3) is 5.91 Å². The lowest BCUT2D eigenvalue weighted by atomic mass is 9.73. The number of rotatable bonds is 4. The molecule has 0 atom stereocenters. The van der Waals surface area contributed by atoms with Crippen LogP contribution in [0, 0.1) is 0 Å². The van der Waals surface area contributed by atoms with Crippen molar-refractivity contribution < 1.29 is 14.8 Å². The van der Waals surface area contributed by atoms with E-state index < -0.39 is 5.91 Å². The van der Waals surface area contributed by atoms with Crippen molar-refractivity contribution >= 4 is 23.6 Å². The molecule has 2 aliphatic heterocycles. The van der Waals surface area contributed by atoms with Crippen LogP contribution in [0.25, 0.3) is 6.08 Å². The van der Waals surface area contributed by atoms with Gasteiger partial charge in [-0.05, 0) is 54.8 Å². The number of nitrogens with zero attached hydrogens (tertiary/aromatic N) is 2. The fourth-order valence-electron chi connectivity index (χ4n) is 4.49. The van der Waals surface area contributed by atoms with Gasteiger partial charge in [0.05, 0.1) is 5.41 Å². The van der Waals surface area contributed by atoms with Gasteiger partial charge in [-0.15, -0.1) is 0 Å². The zero-order valence-electron chi connectivity index (χ0n) is 16.5. The van der Waals surface area contributed by atoms with E-state index in [1.54, 1.807) is 11.6 Å². The van der Waals surface area contributed by atoms with Gasteiger partial charge in [-0.3, -0.25) is 19.7 Å². The summed E-state index contributed by atoms with van der Waals surface area (Å²) in [5, 5.41) is 8.52. The first-order valence-electron chi connectivity index (χ1n) is 9.85. The Hall–Kier alpha value is -2.96. The van der Waals surface area contributed by atoms with Gasteiger partial charge in [-0.25, -0.2) is 5.48 Å². The molecule has 0 aromatic heterocycles. The summed E-state index contributed by atoms with van der Waals surface area (Å²) in [4.78, 5) is 28.3. The second-order valence-corrected chi connectivity index (χ2v) is 7.79. The molecule has 2 aromatic rings. The second-order valence-electron chi connectivity index (χ2n) is 7.79. The SMILES string of the molecule is CN1C(=O)C2(CCN(Cc3ccc(C=CC(=O)NO)cc3)CC2)c2ccccc21. The molecule has 2 heterocycles. The van der Waals surface area contributed by atoms with Gasteiger partial charge in [-0.2, -0.15) is 0 Å². The Labute approximate surface area is 170 Å². The maximum atomic E-state index is 13.0. The van der Waals surface area contributed by atoms with Crippen LogP contribution in [-0.2, 0) is 21.5 Å². The first-order valence-corrected chi connectivity index (χ1v) is 9.85. The number of fused-ring (bicyclic) bond motifs is 2. The minimum absolute atomic E-state index is 0.224. The molecule has 0 bridgehead atoms. The van der Waals surface area contributed by atoms with Crippen LogP contribution in [0.3, 0.4) is 0 Å². The van der Waals surface area contributed by atoms with E-state index >= 15 is 0 Å². The van der Waals surface area contributed by atoms with Crippen LogP contribution in [0.2, 0.25) is 0 Å². The summed E-state index contributed by atoms with van der Waals surface area (Å²) in [5.74, 6) is -0.327. The number of anilines is 1. The Kier molecular flexibility index (Phi) is 5.22. The van der Waals surface area contributed by atoms with Crippen molar-refractivity contribution in [3.8, 4) is 0 Å². The van der Waals surface area contributed by atoms with Gasteiger partial charge in [0, 0.05) is 25.4 Å². The molecule has 1 fully saturated rings. The smallest absolute Gasteiger partial charge is 0.267 e. The minimum Gasteiger partial charge on any atom is -0.314 e. The number of benzene rings is 2. The average molecular weight is 391 g/mol. The van der Waals surface area contributed by atoms with E-state index in [0.717, 1.165) is 43.7 Å². The number of hydrogen-bond donors (Lipinski definition) is 2. The average Bonchev–Trinajstić information content (AvgIpc) is 2.97. The molecular formula is C23H25N3O3. The van der Waals surface area contributed by atoms with Crippen LogP contribution in [0.1, 0.15) is 29.5 Å². The molecule has 150 valence electrons. The quantitative estimate of drug-likeness (QED) is 0.478. The van der Waals surface area contributed by atoms with Crippen molar-refractivity contribution in [2.45, 2.75) is 24.8 Å². The molecule has 2 aromatic carbocycles. The highest BCUT2D eigenvalue weighted by Gasteiger charge is 2.50. The zero-order chi connectivity index (χ0) is 20.4. The van der Waals surface area contributed by atoms with Crippen molar-refractivity contribution in [2.75, 3.05) is 25.0 Å². The van der Waals surface area contributed by atoms with Crippen LogP contribution in [0.15, 0.2) is 54.6 Å². The highest BCUT2D eigenvalue weighted by Crippen LogP contribution is 2.47. The number of amides is 2. The monoisotopic (exact) mass is 391 g/mol. The third-order valence-electron chi connectivity index (χ3n) is 6.13. The predicted octanol–water partition coefficient (Wildman–Crippen LogP) is 2.72. The molecule has 1 spiro atoms. The molecule has 2 aliphatic rings. The van der Waals surface area contributed by atoms with Gasteiger partial charge in [0.1, 0.15) is 0 Å². The van der Waals surface area contributed by atoms with Crippen LogP contribution >= 0.6 is 0 Å². The Morgan fingerprint density at radius 3 is 2.52 bits per heavy atom. The van der Waals surface area contributed by atoms with E-state index in [-0.39, 0.29) is 11.3 Å². The zero-order valence-corrected chi connectivity index (χ0v) is 16.5. The Bertz CT molecular complexity index is 944. The highest BCUT2D eigenvalue weighted by atomic mass is 16.5. The van der Waals surface area contributed by atoms with Crippen molar-refractivity contribution in [1.29, 1.82) is 0 Å². The summed E-state index contributed by atoms with van der Waals surface area (Å²) < 4.78 is 0. The summed E-state index contributed by atoms with van der Waals surface area (Å²) in [5.41, 5.74) is 5.51. The number of likely N-dealkylation sites (N-methyl/N-ethyl adjacent to an activating group) is 1. The van der Waals surface area contributed by atoms with E-state index in [2.05, 4.69) is 11.0 Å². The standard InChI is InChI=1S/C23H25N3O3/c1-25-20-5-3-2-4-19(20)23(22(25)28)12-14-26(15-13-23)16-18-8-6-17(7-9-18)10-11-21(27)24-29/h2-11,29H,12-16H2,1H3,(H,24,27). The first kappa shape index (κ1) is 19.4. The topological polar surface area (TPSA) is 72.9 Å². The van der Waals surface area contributed by atoms with Crippen LogP contribution in [0.5, 0.6) is 0 Å². The lowest BCUT2D eigenvalue weighted by Crippen LogP contribution is -2.47. The lowest BCUT2D eigenvalue weighted by molar-refractivity contribution is -0.125. The third kappa shape index (κ3) is 3.57. The second kappa shape index (κ2) is 7.81. The number of likely N-dealkylation sites (tertiary alicyclic amines) is 1. The molecule has 2 N–H and O–H groups in total. The molecule has 4 rings (SSSR count). The van der Waals surface area contributed by atoms with Crippen LogP contribution in [-0.4, -0.2) is 42.1 Å². The maximum Gasteiger partial charge on any atom is 0.267 e. The van der Waals surface area contributed by atoms with Crippen molar-refractivity contribution in [3.05, 3.63) is 71.3 Å². The summed E-state index contributed by atoms with van der Waals surface area (Å²) in [7, 11) is 1.88. The molecule has 2 amide bonds. The Morgan fingerprint density at radius 2 is 1.83 bits per heavy atom. The highest BCUT2D eigenvalue weighted by molar-refractivity contribution is 6.07. The van der Waals surface area contributed by atoms with Gasteiger partial charge in [-0.1, -0.05) is 42.5 Å². The van der Waals surface area contributed by atoms with E-state index in [9.17, 15) is 9.59 Å². The van der Waals surface area contributed by atoms with E-state index in [4.69, 9.17) is 5.21 Å². The Morgan fingerprint density at radius 1 is 1.14 bits per heavy atom. The van der Waals surface area contributed by atoms with E-state index in [1.165, 1.54) is 17.2 Å². The lowest BCUT2D eigenvalue weighted by Gasteiger charge is -2.38. The molecule has 0 saturated carbocycles. The largest absolute Gasteiger partial charge is 0.314 e. The van der Waals surface area contributed by atoms with E-state index in [1.807, 2.05) is 54.4 Å². The molecule has 1 saturated heterocycles. The molecular weight excluding hydrogens is 366 g/mol. The number of carbonyl (C=O) groups excluding carboxylic acids is 2. The summed E-state index contributed by atoms with van der Waals surface area (Å²) in [6.07, 6.45) is 4.61. The summed E-state index contributed by atoms with van der Waals surface area (Å²) in [6, 6.07) is 16.2. The molecule has 29 heavy (non-hydrogen) atoms. The summed E-state index contributed by atoms with van der Waals surface area (Å²) >= 11 is 0. The van der Waals surface area contributed by atoms with Crippen LogP contribution in [0.4, 0.5) is 5.69 Å². The molecule has 6 heteroatoms. The van der Waals surface area contributed by atoms with Gasteiger partial charge >= 0.3 is 0 Å². The predicted molar refractivity (Wildman–Crippen MR) is 111 cm³/mol. The van der Waals surface area contributed by atoms with Crippen molar-refractivity contribution in [2.24, 2.45) is 0 Å². The third-order valence-corrected chi connectivity index (χ3v) is 6.13. The fourth-order valence-corrected chi connectivity index (χ4v) is 4.49. The first-order chi connectivity index (χ1) is 14.0. The van der Waals surface area contributed by atoms with Gasteiger partial charge in [0.15, 0.2) is 0 Å². The number of nitrogens with one attached hydrogen (secondary N) is 1. The van der Waals surface area contributed by atoms with Crippen molar-refractivity contribution in [3.63, 3.8) is 0 Å². The number of carbonyl (C=O) groups is 2. The number of para-hydroxylation sites is 1. The maximum absolute atomic E-state index is 13.0. The van der Waals surface area contributed by atoms with Gasteiger partial charge < -0.3 is 4.90 Å². The number of piperidine rings is 1. The molecule has 0 unspecified atom stereocenters. The normalized spacial score (nSPS) is 18.4. The fraction of sp³-hybridized carbons (Fsp3) is 0.304. The molecule has 0 aliphatic carbocycles. The number of hydroxylamine groups is 1. The summed E-state index contributed by atoms with van der Waals surface area (Å²) in [6.45, 7) is 2.60. The molecule has 6 nitrogen and oxygen atoms in total. The Balaban J connectivity index is 1.40. The molecule has 0 radical (unpaired) electrons. The minimum atomic E-state index is -0.551. The van der Waals surface area contributed by atoms with Crippen molar-refractivity contribution in [1.82, 2.24) is 10.4 Å². The number of hydrogen-bond acceptors (Lipinski definition) is 4.